The maximum absolute atomic E-state index is 12.4. The summed E-state index contributed by atoms with van der Waals surface area (Å²) in [6, 6.07) is 21.7. The summed E-state index contributed by atoms with van der Waals surface area (Å²) in [4.78, 5) is 12.4. The van der Waals surface area contributed by atoms with Gasteiger partial charge in [0.25, 0.3) is 5.91 Å². The quantitative estimate of drug-likeness (QED) is 0.592. The van der Waals surface area contributed by atoms with E-state index in [-0.39, 0.29) is 12.0 Å². The van der Waals surface area contributed by atoms with Gasteiger partial charge in [0.15, 0.2) is 5.76 Å². The number of ether oxygens (including phenoxy) is 1. The van der Waals surface area contributed by atoms with Crippen molar-refractivity contribution in [3.05, 3.63) is 84.3 Å². The van der Waals surface area contributed by atoms with Gasteiger partial charge >= 0.3 is 0 Å². The van der Waals surface area contributed by atoms with E-state index in [9.17, 15) is 4.79 Å². The zero-order valence-electron chi connectivity index (χ0n) is 14.9. The average molecular weight is 349 g/mol. The third-order valence-electron chi connectivity index (χ3n) is 4.20. The molecule has 134 valence electrons. The molecule has 0 aliphatic carbocycles. The standard InChI is InChI=1S/C22H23NO3/c1-17(18-9-4-2-5-10-18)25-15-8-14-23-22(24)21-20(13-16-26-21)19-11-6-3-7-12-19/h2-7,9-13,16-17H,8,14-15H2,1H3,(H,23,24). The molecule has 0 aliphatic heterocycles. The highest BCUT2D eigenvalue weighted by Crippen LogP contribution is 2.24. The first-order valence-electron chi connectivity index (χ1n) is 8.83. The van der Waals surface area contributed by atoms with Crippen LogP contribution in [-0.2, 0) is 4.74 Å². The molecule has 4 heteroatoms. The largest absolute Gasteiger partial charge is 0.459 e. The highest BCUT2D eigenvalue weighted by Gasteiger charge is 2.16. The topological polar surface area (TPSA) is 51.5 Å². The Morgan fingerprint density at radius 1 is 1.04 bits per heavy atom. The van der Waals surface area contributed by atoms with Gasteiger partial charge in [-0.1, -0.05) is 60.7 Å². The molecule has 0 saturated carbocycles. The van der Waals surface area contributed by atoms with Crippen LogP contribution in [0.2, 0.25) is 0 Å². The van der Waals surface area contributed by atoms with Crippen molar-refractivity contribution in [2.45, 2.75) is 19.4 Å². The van der Waals surface area contributed by atoms with Crippen LogP contribution in [0.4, 0.5) is 0 Å². The molecule has 0 saturated heterocycles. The molecule has 0 aliphatic rings. The lowest BCUT2D eigenvalue weighted by molar-refractivity contribution is 0.0633. The molecule has 1 unspecified atom stereocenters. The summed E-state index contributed by atoms with van der Waals surface area (Å²) in [5.41, 5.74) is 2.92. The van der Waals surface area contributed by atoms with Gasteiger partial charge in [0.05, 0.1) is 12.4 Å². The summed E-state index contributed by atoms with van der Waals surface area (Å²) in [5.74, 6) is 0.139. The predicted molar refractivity (Wildman–Crippen MR) is 102 cm³/mol. The second-order valence-corrected chi connectivity index (χ2v) is 6.06. The number of hydrogen-bond acceptors (Lipinski definition) is 3. The predicted octanol–water partition coefficient (Wildman–Crippen LogP) is 4.84. The summed E-state index contributed by atoms with van der Waals surface area (Å²) in [5, 5.41) is 2.90. The molecule has 2 aromatic carbocycles. The molecule has 3 rings (SSSR count). The minimum atomic E-state index is -0.204. The van der Waals surface area contributed by atoms with Crippen molar-refractivity contribution in [2.75, 3.05) is 13.2 Å². The smallest absolute Gasteiger partial charge is 0.287 e. The van der Waals surface area contributed by atoms with Gasteiger partial charge in [-0.05, 0) is 30.5 Å². The Morgan fingerprint density at radius 2 is 1.73 bits per heavy atom. The molecule has 1 amide bonds. The van der Waals surface area contributed by atoms with Crippen LogP contribution in [0, 0.1) is 0 Å². The minimum Gasteiger partial charge on any atom is -0.459 e. The molecule has 0 bridgehead atoms. The number of amides is 1. The van der Waals surface area contributed by atoms with Crippen molar-refractivity contribution in [2.24, 2.45) is 0 Å². The minimum absolute atomic E-state index is 0.0432. The maximum Gasteiger partial charge on any atom is 0.287 e. The molecule has 1 aromatic heterocycles. The summed E-state index contributed by atoms with van der Waals surface area (Å²) >= 11 is 0. The molecule has 4 nitrogen and oxygen atoms in total. The Bertz CT molecular complexity index is 812. The number of hydrogen-bond donors (Lipinski definition) is 1. The first-order valence-corrected chi connectivity index (χ1v) is 8.83. The fourth-order valence-electron chi connectivity index (χ4n) is 2.76. The van der Waals surface area contributed by atoms with E-state index >= 15 is 0 Å². The molecule has 1 N–H and O–H groups in total. The highest BCUT2D eigenvalue weighted by atomic mass is 16.5. The van der Waals surface area contributed by atoms with Gasteiger partial charge in [0, 0.05) is 18.7 Å². The summed E-state index contributed by atoms with van der Waals surface area (Å²) in [7, 11) is 0. The number of carbonyl (C=O) groups is 1. The molecule has 3 aromatic rings. The second-order valence-electron chi connectivity index (χ2n) is 6.06. The number of carbonyl (C=O) groups excluding carboxylic acids is 1. The molecule has 0 fully saturated rings. The maximum atomic E-state index is 12.4. The number of rotatable bonds is 8. The third-order valence-corrected chi connectivity index (χ3v) is 4.20. The SMILES string of the molecule is CC(OCCCNC(=O)c1occc1-c1ccccc1)c1ccccc1. The van der Waals surface area contributed by atoms with Crippen molar-refractivity contribution < 1.29 is 13.9 Å². The Hall–Kier alpha value is -2.85. The van der Waals surface area contributed by atoms with E-state index in [0.29, 0.717) is 18.9 Å². The molecule has 0 radical (unpaired) electrons. The van der Waals surface area contributed by atoms with Gasteiger partial charge in [-0.2, -0.15) is 0 Å². The lowest BCUT2D eigenvalue weighted by Crippen LogP contribution is -2.25. The first kappa shape index (κ1) is 18.0. The zero-order valence-corrected chi connectivity index (χ0v) is 14.9. The Kier molecular flexibility index (Phi) is 6.23. The average Bonchev–Trinajstić information content (AvgIpc) is 3.19. The van der Waals surface area contributed by atoms with Crippen molar-refractivity contribution >= 4 is 5.91 Å². The highest BCUT2D eigenvalue weighted by molar-refractivity contribution is 5.98. The lowest BCUT2D eigenvalue weighted by atomic mass is 10.1. The van der Waals surface area contributed by atoms with E-state index in [1.54, 1.807) is 6.26 Å². The summed E-state index contributed by atoms with van der Waals surface area (Å²) in [6.07, 6.45) is 2.33. The van der Waals surface area contributed by atoms with Crippen LogP contribution in [0.5, 0.6) is 0 Å². The molecular formula is C22H23NO3. The zero-order chi connectivity index (χ0) is 18.2. The van der Waals surface area contributed by atoms with E-state index in [4.69, 9.17) is 9.15 Å². The Morgan fingerprint density at radius 3 is 2.46 bits per heavy atom. The van der Waals surface area contributed by atoms with E-state index < -0.39 is 0 Å². The third kappa shape index (κ3) is 4.61. The lowest BCUT2D eigenvalue weighted by Gasteiger charge is -2.13. The van der Waals surface area contributed by atoms with E-state index in [1.807, 2.05) is 61.5 Å². The molecule has 1 heterocycles. The van der Waals surface area contributed by atoms with Crippen molar-refractivity contribution in [3.63, 3.8) is 0 Å². The van der Waals surface area contributed by atoms with Crippen molar-refractivity contribution in [3.8, 4) is 11.1 Å². The van der Waals surface area contributed by atoms with Crippen LogP contribution in [0.1, 0.15) is 35.6 Å². The molecule has 26 heavy (non-hydrogen) atoms. The van der Waals surface area contributed by atoms with Crippen molar-refractivity contribution in [1.29, 1.82) is 0 Å². The van der Waals surface area contributed by atoms with Gasteiger partial charge in [0.2, 0.25) is 0 Å². The monoisotopic (exact) mass is 349 g/mol. The second kappa shape index (κ2) is 9.02. The Labute approximate surface area is 153 Å². The van der Waals surface area contributed by atoms with Crippen LogP contribution in [0.15, 0.2) is 77.4 Å². The van der Waals surface area contributed by atoms with E-state index in [1.165, 1.54) is 0 Å². The van der Waals surface area contributed by atoms with Crippen LogP contribution in [0.25, 0.3) is 11.1 Å². The van der Waals surface area contributed by atoms with E-state index in [0.717, 1.165) is 23.1 Å². The van der Waals surface area contributed by atoms with Gasteiger partial charge in [-0.25, -0.2) is 0 Å². The van der Waals surface area contributed by atoms with Crippen LogP contribution < -0.4 is 5.32 Å². The van der Waals surface area contributed by atoms with Gasteiger partial charge < -0.3 is 14.5 Å². The molecular weight excluding hydrogens is 326 g/mol. The van der Waals surface area contributed by atoms with Gasteiger partial charge in [-0.3, -0.25) is 4.79 Å². The summed E-state index contributed by atoms with van der Waals surface area (Å²) in [6.45, 7) is 3.15. The summed E-state index contributed by atoms with van der Waals surface area (Å²) < 4.78 is 11.2. The molecule has 1 atom stereocenters. The Balaban J connectivity index is 1.45. The van der Waals surface area contributed by atoms with Crippen LogP contribution in [-0.4, -0.2) is 19.1 Å². The fraction of sp³-hybridized carbons (Fsp3) is 0.227. The van der Waals surface area contributed by atoms with Crippen LogP contribution in [0.3, 0.4) is 0 Å². The van der Waals surface area contributed by atoms with Gasteiger partial charge in [0.1, 0.15) is 0 Å². The normalized spacial score (nSPS) is 11.9. The molecule has 0 spiro atoms. The number of furan rings is 1. The number of benzene rings is 2. The van der Waals surface area contributed by atoms with Crippen LogP contribution >= 0.6 is 0 Å². The van der Waals surface area contributed by atoms with E-state index in [2.05, 4.69) is 17.4 Å². The first-order chi connectivity index (χ1) is 12.8. The number of nitrogens with one attached hydrogen (secondary N) is 1. The van der Waals surface area contributed by atoms with Crippen molar-refractivity contribution in [1.82, 2.24) is 5.32 Å². The van der Waals surface area contributed by atoms with Gasteiger partial charge in [-0.15, -0.1) is 0 Å². The fourth-order valence-corrected chi connectivity index (χ4v) is 2.76.